The molecule has 0 heteroatoms. The Morgan fingerprint density at radius 3 is 2.14 bits per heavy atom. The van der Waals surface area contributed by atoms with Crippen LogP contribution in [0.3, 0.4) is 0 Å². The average Bonchev–Trinajstić information content (AvgIpc) is 2.68. The van der Waals surface area contributed by atoms with Crippen molar-refractivity contribution >= 4 is 0 Å². The highest BCUT2D eigenvalue weighted by Gasteiger charge is 2.12. The summed E-state index contributed by atoms with van der Waals surface area (Å²) in [6.07, 6.45) is 7.24. The minimum Gasteiger partial charge on any atom is -0.0770 e. The third-order valence-corrected chi connectivity index (χ3v) is 2.85. The van der Waals surface area contributed by atoms with Crippen molar-refractivity contribution in [2.24, 2.45) is 11.8 Å². The van der Waals surface area contributed by atoms with Gasteiger partial charge in [0.05, 0.1) is 0 Å². The Labute approximate surface area is 90.1 Å². The Hall–Kier alpha value is -0.520. The van der Waals surface area contributed by atoms with Gasteiger partial charge in [-0.1, -0.05) is 59.3 Å². The molecule has 1 aliphatic rings. The molecule has 0 saturated carbocycles. The van der Waals surface area contributed by atoms with Crippen LogP contribution in [0.4, 0.5) is 0 Å². The van der Waals surface area contributed by atoms with E-state index in [1.54, 1.807) is 11.1 Å². The molecular formula is C14H26. The molecule has 0 aromatic carbocycles. The van der Waals surface area contributed by atoms with Gasteiger partial charge in [0.15, 0.2) is 0 Å². The minimum atomic E-state index is 0.725. The maximum absolute atomic E-state index is 2.40. The van der Waals surface area contributed by atoms with E-state index in [2.05, 4.69) is 39.8 Å². The van der Waals surface area contributed by atoms with Crippen LogP contribution in [-0.2, 0) is 0 Å². The van der Waals surface area contributed by atoms with Crippen molar-refractivity contribution in [3.63, 3.8) is 0 Å². The van der Waals surface area contributed by atoms with E-state index in [1.807, 2.05) is 13.8 Å². The molecule has 1 aliphatic carbocycles. The second-order valence-corrected chi connectivity index (χ2v) is 4.09. The van der Waals surface area contributed by atoms with Gasteiger partial charge >= 0.3 is 0 Å². The molecule has 1 rings (SSSR count). The van der Waals surface area contributed by atoms with Crippen molar-refractivity contribution in [1.82, 2.24) is 0 Å². The number of hydrogen-bond donors (Lipinski definition) is 0. The molecule has 0 nitrogen and oxygen atoms in total. The van der Waals surface area contributed by atoms with Crippen molar-refractivity contribution in [3.05, 3.63) is 23.3 Å². The van der Waals surface area contributed by atoms with Crippen molar-refractivity contribution in [3.8, 4) is 0 Å². The van der Waals surface area contributed by atoms with Gasteiger partial charge in [0, 0.05) is 0 Å². The lowest BCUT2D eigenvalue weighted by atomic mass is 9.98. The third kappa shape index (κ3) is 3.69. The zero-order chi connectivity index (χ0) is 11.1. The predicted octanol–water partition coefficient (Wildman–Crippen LogP) is 4.97. The van der Waals surface area contributed by atoms with Crippen LogP contribution in [0.1, 0.15) is 54.4 Å². The first-order valence-electron chi connectivity index (χ1n) is 6.05. The number of allylic oxidation sites excluding steroid dienone is 4. The maximum atomic E-state index is 2.40. The Balaban J connectivity index is 0.000000791. The van der Waals surface area contributed by atoms with E-state index in [4.69, 9.17) is 0 Å². The molecule has 82 valence electrons. The molecule has 1 atom stereocenters. The largest absolute Gasteiger partial charge is 0.0770 e. The molecule has 0 amide bonds. The minimum absolute atomic E-state index is 0.725. The first-order chi connectivity index (χ1) is 6.65. The van der Waals surface area contributed by atoms with Crippen LogP contribution < -0.4 is 0 Å². The van der Waals surface area contributed by atoms with Crippen LogP contribution in [0.5, 0.6) is 0 Å². The maximum Gasteiger partial charge on any atom is -0.0127 e. The van der Waals surface area contributed by atoms with Gasteiger partial charge in [-0.15, -0.1) is 0 Å². The molecule has 1 unspecified atom stereocenters. The van der Waals surface area contributed by atoms with Gasteiger partial charge in [0.1, 0.15) is 0 Å². The summed E-state index contributed by atoms with van der Waals surface area (Å²) in [6.45, 7) is 13.1. The first-order valence-corrected chi connectivity index (χ1v) is 6.05. The summed E-state index contributed by atoms with van der Waals surface area (Å²) in [4.78, 5) is 0. The van der Waals surface area contributed by atoms with Crippen molar-refractivity contribution in [2.45, 2.75) is 54.4 Å². The van der Waals surface area contributed by atoms with Gasteiger partial charge < -0.3 is 0 Å². The highest BCUT2D eigenvalue weighted by Crippen LogP contribution is 2.29. The Bertz CT molecular complexity index is 206. The third-order valence-electron chi connectivity index (χ3n) is 2.85. The van der Waals surface area contributed by atoms with Crippen molar-refractivity contribution in [1.29, 1.82) is 0 Å². The lowest BCUT2D eigenvalue weighted by Crippen LogP contribution is -1.93. The fourth-order valence-corrected chi connectivity index (χ4v) is 1.55. The van der Waals surface area contributed by atoms with E-state index < -0.39 is 0 Å². The molecular weight excluding hydrogens is 168 g/mol. The summed E-state index contributed by atoms with van der Waals surface area (Å²) in [5.74, 6) is 1.48. The van der Waals surface area contributed by atoms with E-state index in [0.717, 1.165) is 11.8 Å². The van der Waals surface area contributed by atoms with Gasteiger partial charge in [-0.3, -0.25) is 0 Å². The molecule has 0 aliphatic heterocycles. The van der Waals surface area contributed by atoms with Crippen molar-refractivity contribution in [2.75, 3.05) is 0 Å². The Morgan fingerprint density at radius 1 is 1.21 bits per heavy atom. The van der Waals surface area contributed by atoms with Crippen LogP contribution in [0, 0.1) is 11.8 Å². The summed E-state index contributed by atoms with van der Waals surface area (Å²) in [6, 6.07) is 0. The second-order valence-electron chi connectivity index (χ2n) is 4.09. The fourth-order valence-electron chi connectivity index (χ4n) is 1.55. The van der Waals surface area contributed by atoms with Gasteiger partial charge in [-0.25, -0.2) is 0 Å². The van der Waals surface area contributed by atoms with E-state index in [-0.39, 0.29) is 0 Å². The van der Waals surface area contributed by atoms with Crippen LogP contribution in [0.2, 0.25) is 0 Å². The molecule has 0 bridgehead atoms. The monoisotopic (exact) mass is 194 g/mol. The average molecular weight is 194 g/mol. The molecule has 0 spiro atoms. The Morgan fingerprint density at radius 2 is 1.79 bits per heavy atom. The summed E-state index contributed by atoms with van der Waals surface area (Å²) in [7, 11) is 0. The van der Waals surface area contributed by atoms with Gasteiger partial charge in [-0.05, 0) is 30.3 Å². The van der Waals surface area contributed by atoms with Gasteiger partial charge in [0.2, 0.25) is 0 Å². The van der Waals surface area contributed by atoms with E-state index >= 15 is 0 Å². The topological polar surface area (TPSA) is 0 Å². The molecule has 0 aromatic heterocycles. The Kier molecular flexibility index (Phi) is 6.61. The normalized spacial score (nSPS) is 17.1. The SMILES string of the molecule is CC.CCC(C)C1=CCC(C(C)C)=C1. The highest BCUT2D eigenvalue weighted by molar-refractivity contribution is 5.34. The fraction of sp³-hybridized carbons (Fsp3) is 0.714. The van der Waals surface area contributed by atoms with Gasteiger partial charge in [-0.2, -0.15) is 0 Å². The molecule has 0 radical (unpaired) electrons. The summed E-state index contributed by atoms with van der Waals surface area (Å²) >= 11 is 0. The summed E-state index contributed by atoms with van der Waals surface area (Å²) in [5, 5.41) is 0. The second kappa shape index (κ2) is 6.86. The molecule has 0 fully saturated rings. The number of hydrogen-bond acceptors (Lipinski definition) is 0. The molecule has 14 heavy (non-hydrogen) atoms. The van der Waals surface area contributed by atoms with E-state index in [0.29, 0.717) is 0 Å². The zero-order valence-electron chi connectivity index (χ0n) is 10.7. The standard InChI is InChI=1S/C12H20.C2H6/c1-5-10(4)12-7-6-11(8-12)9(2)3;1-2/h7-10H,5-6H2,1-4H3;1-2H3. The van der Waals surface area contributed by atoms with E-state index in [1.165, 1.54) is 12.8 Å². The predicted molar refractivity (Wildman–Crippen MR) is 66.4 cm³/mol. The summed E-state index contributed by atoms with van der Waals surface area (Å²) < 4.78 is 0. The lowest BCUT2D eigenvalue weighted by Gasteiger charge is -2.07. The van der Waals surface area contributed by atoms with Crippen molar-refractivity contribution < 1.29 is 0 Å². The molecule has 0 heterocycles. The van der Waals surface area contributed by atoms with Crippen LogP contribution in [0.15, 0.2) is 23.3 Å². The van der Waals surface area contributed by atoms with Crippen LogP contribution in [0.25, 0.3) is 0 Å². The lowest BCUT2D eigenvalue weighted by molar-refractivity contribution is 0.670. The van der Waals surface area contributed by atoms with E-state index in [9.17, 15) is 0 Å². The number of rotatable bonds is 3. The highest BCUT2D eigenvalue weighted by atomic mass is 14.2. The quantitative estimate of drug-likeness (QED) is 0.595. The smallest absolute Gasteiger partial charge is 0.0127 e. The molecule has 0 saturated heterocycles. The van der Waals surface area contributed by atoms with Crippen LogP contribution in [-0.4, -0.2) is 0 Å². The zero-order valence-corrected chi connectivity index (χ0v) is 10.7. The molecule has 0 aromatic rings. The molecule has 0 N–H and O–H groups in total. The first kappa shape index (κ1) is 13.5. The van der Waals surface area contributed by atoms with Crippen LogP contribution >= 0.6 is 0 Å². The van der Waals surface area contributed by atoms with Gasteiger partial charge in [0.25, 0.3) is 0 Å². The summed E-state index contributed by atoms with van der Waals surface area (Å²) in [5.41, 5.74) is 3.16.